The normalized spacial score (nSPS) is 14.5. The van der Waals surface area contributed by atoms with E-state index in [9.17, 15) is 4.79 Å². The first-order valence-electron chi connectivity index (χ1n) is 11.1. The highest BCUT2D eigenvalue weighted by Crippen LogP contribution is 2.33. The Morgan fingerprint density at radius 2 is 1.88 bits per heavy atom. The summed E-state index contributed by atoms with van der Waals surface area (Å²) in [5.74, 6) is 1.20. The SMILES string of the molecule is CCN1CCN(c2nc3cnc(NC(=O)c4ccncc4)cc3cc2-c2cnn(C)c2)CC1. The molecule has 1 amide bonds. The van der Waals surface area contributed by atoms with Crippen LogP contribution >= 0.6 is 0 Å². The van der Waals surface area contributed by atoms with Crippen molar-refractivity contribution >= 4 is 28.4 Å². The average molecular weight is 443 g/mol. The van der Waals surface area contributed by atoms with Crippen molar-refractivity contribution in [1.82, 2.24) is 29.6 Å². The molecule has 1 saturated heterocycles. The predicted octanol–water partition coefficient (Wildman–Crippen LogP) is 2.82. The standard InChI is InChI=1S/C24H26N8O/c1-3-31-8-10-32(11-9-31)23-20(19-14-27-30(2)16-19)12-18-13-22(26-15-21(18)28-23)29-24(33)17-4-6-25-7-5-17/h4-7,12-16H,3,8-11H2,1-2H3,(H,26,29,33). The van der Waals surface area contributed by atoms with Gasteiger partial charge in [-0.05, 0) is 30.8 Å². The number of fused-ring (bicyclic) bond motifs is 1. The van der Waals surface area contributed by atoms with Gasteiger partial charge in [-0.3, -0.25) is 14.5 Å². The minimum absolute atomic E-state index is 0.227. The Hall–Kier alpha value is -3.85. The lowest BCUT2D eigenvalue weighted by molar-refractivity contribution is 0.102. The molecule has 0 aromatic carbocycles. The second-order valence-corrected chi connectivity index (χ2v) is 8.14. The summed E-state index contributed by atoms with van der Waals surface area (Å²) in [4.78, 5) is 30.7. The van der Waals surface area contributed by atoms with Crippen molar-refractivity contribution in [1.29, 1.82) is 0 Å². The van der Waals surface area contributed by atoms with Gasteiger partial charge in [-0.25, -0.2) is 9.97 Å². The predicted molar refractivity (Wildman–Crippen MR) is 128 cm³/mol. The Morgan fingerprint density at radius 1 is 1.09 bits per heavy atom. The van der Waals surface area contributed by atoms with Crippen LogP contribution in [0.1, 0.15) is 17.3 Å². The summed E-state index contributed by atoms with van der Waals surface area (Å²) in [5, 5.41) is 8.14. The van der Waals surface area contributed by atoms with E-state index in [-0.39, 0.29) is 5.91 Å². The van der Waals surface area contributed by atoms with Gasteiger partial charge in [0, 0.05) is 73.9 Å². The van der Waals surface area contributed by atoms with Gasteiger partial charge < -0.3 is 15.1 Å². The molecule has 1 N–H and O–H groups in total. The molecular formula is C24H26N8O. The van der Waals surface area contributed by atoms with Crippen LogP contribution in [0.15, 0.2) is 55.2 Å². The number of rotatable bonds is 5. The number of hydrogen-bond acceptors (Lipinski definition) is 7. The molecule has 0 spiro atoms. The third kappa shape index (κ3) is 4.40. The van der Waals surface area contributed by atoms with Crippen molar-refractivity contribution in [2.24, 2.45) is 7.05 Å². The third-order valence-electron chi connectivity index (χ3n) is 6.00. The number of carbonyl (C=O) groups excluding carboxylic acids is 1. The number of pyridine rings is 3. The van der Waals surface area contributed by atoms with Crippen LogP contribution in [0.2, 0.25) is 0 Å². The first-order chi connectivity index (χ1) is 16.1. The lowest BCUT2D eigenvalue weighted by atomic mass is 10.1. The number of amides is 1. The maximum absolute atomic E-state index is 12.5. The van der Waals surface area contributed by atoms with Crippen LogP contribution in [0.4, 0.5) is 11.6 Å². The summed E-state index contributed by atoms with van der Waals surface area (Å²) >= 11 is 0. The largest absolute Gasteiger partial charge is 0.354 e. The van der Waals surface area contributed by atoms with Crippen molar-refractivity contribution in [3.05, 3.63) is 60.8 Å². The average Bonchev–Trinajstić information content (AvgIpc) is 3.30. The molecule has 0 radical (unpaired) electrons. The second-order valence-electron chi connectivity index (χ2n) is 8.14. The van der Waals surface area contributed by atoms with Crippen LogP contribution in [0.25, 0.3) is 22.0 Å². The van der Waals surface area contributed by atoms with E-state index in [1.165, 1.54) is 0 Å². The zero-order chi connectivity index (χ0) is 22.8. The molecular weight excluding hydrogens is 416 g/mol. The van der Waals surface area contributed by atoms with E-state index in [4.69, 9.17) is 4.98 Å². The van der Waals surface area contributed by atoms with Crippen molar-refractivity contribution in [2.75, 3.05) is 42.9 Å². The lowest BCUT2D eigenvalue weighted by Crippen LogP contribution is -2.46. The van der Waals surface area contributed by atoms with Gasteiger partial charge in [-0.2, -0.15) is 5.10 Å². The number of nitrogens with one attached hydrogen (secondary N) is 1. The molecule has 33 heavy (non-hydrogen) atoms. The highest BCUT2D eigenvalue weighted by atomic mass is 16.1. The van der Waals surface area contributed by atoms with Gasteiger partial charge in [0.25, 0.3) is 5.91 Å². The van der Waals surface area contributed by atoms with Crippen LogP contribution in [0.3, 0.4) is 0 Å². The lowest BCUT2D eigenvalue weighted by Gasteiger charge is -2.35. The zero-order valence-corrected chi connectivity index (χ0v) is 18.8. The number of nitrogens with zero attached hydrogens (tertiary/aromatic N) is 7. The molecule has 9 nitrogen and oxygen atoms in total. The number of piperazine rings is 1. The van der Waals surface area contributed by atoms with Gasteiger partial charge in [0.05, 0.1) is 17.9 Å². The fraction of sp³-hybridized carbons (Fsp3) is 0.292. The van der Waals surface area contributed by atoms with Gasteiger partial charge in [0.2, 0.25) is 0 Å². The fourth-order valence-electron chi connectivity index (χ4n) is 4.12. The maximum atomic E-state index is 12.5. The summed E-state index contributed by atoms with van der Waals surface area (Å²) in [7, 11) is 1.91. The number of carbonyl (C=O) groups is 1. The molecule has 9 heteroatoms. The van der Waals surface area contributed by atoms with E-state index in [0.29, 0.717) is 11.4 Å². The van der Waals surface area contributed by atoms with E-state index >= 15 is 0 Å². The quantitative estimate of drug-likeness (QED) is 0.508. The molecule has 0 atom stereocenters. The molecule has 1 fully saturated rings. The molecule has 4 aromatic rings. The molecule has 4 aromatic heterocycles. The number of likely N-dealkylation sites (N-methyl/N-ethyl adjacent to an activating group) is 1. The van der Waals surface area contributed by atoms with Crippen molar-refractivity contribution in [3.63, 3.8) is 0 Å². The maximum Gasteiger partial charge on any atom is 0.256 e. The van der Waals surface area contributed by atoms with E-state index in [2.05, 4.69) is 43.2 Å². The van der Waals surface area contributed by atoms with Gasteiger partial charge in [0.1, 0.15) is 11.6 Å². The molecule has 0 unspecified atom stereocenters. The topological polar surface area (TPSA) is 92.1 Å². The monoisotopic (exact) mass is 442 g/mol. The summed E-state index contributed by atoms with van der Waals surface area (Å²) in [6, 6.07) is 7.32. The first-order valence-corrected chi connectivity index (χ1v) is 11.1. The van der Waals surface area contributed by atoms with Gasteiger partial charge >= 0.3 is 0 Å². The van der Waals surface area contributed by atoms with Crippen LogP contribution in [-0.4, -0.2) is 68.3 Å². The number of hydrogen-bond donors (Lipinski definition) is 1. The van der Waals surface area contributed by atoms with Gasteiger partial charge in [-0.15, -0.1) is 0 Å². The highest BCUT2D eigenvalue weighted by molar-refractivity contribution is 6.04. The van der Waals surface area contributed by atoms with E-state index < -0.39 is 0 Å². The van der Waals surface area contributed by atoms with E-state index in [0.717, 1.165) is 60.6 Å². The molecule has 1 aliphatic rings. The minimum Gasteiger partial charge on any atom is -0.354 e. The molecule has 0 bridgehead atoms. The van der Waals surface area contributed by atoms with E-state index in [1.54, 1.807) is 35.4 Å². The van der Waals surface area contributed by atoms with Gasteiger partial charge in [-0.1, -0.05) is 6.92 Å². The van der Waals surface area contributed by atoms with Crippen LogP contribution in [0.5, 0.6) is 0 Å². The zero-order valence-electron chi connectivity index (χ0n) is 18.8. The number of anilines is 2. The third-order valence-corrected chi connectivity index (χ3v) is 6.00. The molecule has 0 saturated carbocycles. The minimum atomic E-state index is -0.227. The first kappa shape index (κ1) is 21.0. The van der Waals surface area contributed by atoms with Crippen LogP contribution in [0, 0.1) is 0 Å². The summed E-state index contributed by atoms with van der Waals surface area (Å²) < 4.78 is 1.80. The summed E-state index contributed by atoms with van der Waals surface area (Å²) in [5.41, 5.74) is 3.36. The molecule has 5 rings (SSSR count). The number of aryl methyl sites for hydroxylation is 1. The second kappa shape index (κ2) is 8.95. The Bertz CT molecular complexity index is 1280. The van der Waals surface area contributed by atoms with Crippen molar-refractivity contribution < 1.29 is 4.79 Å². The van der Waals surface area contributed by atoms with E-state index in [1.807, 2.05) is 25.5 Å². The molecule has 5 heterocycles. The molecule has 1 aliphatic heterocycles. The smallest absolute Gasteiger partial charge is 0.256 e. The highest BCUT2D eigenvalue weighted by Gasteiger charge is 2.22. The Balaban J connectivity index is 1.51. The molecule has 0 aliphatic carbocycles. The number of aromatic nitrogens is 5. The summed E-state index contributed by atoms with van der Waals surface area (Å²) in [6.45, 7) is 7.14. The Morgan fingerprint density at radius 3 is 2.58 bits per heavy atom. The summed E-state index contributed by atoms with van der Waals surface area (Å²) in [6.07, 6.45) is 8.77. The molecule has 168 valence electrons. The van der Waals surface area contributed by atoms with Crippen LogP contribution in [-0.2, 0) is 7.05 Å². The van der Waals surface area contributed by atoms with Crippen LogP contribution < -0.4 is 10.2 Å². The van der Waals surface area contributed by atoms with Gasteiger partial charge in [0.15, 0.2) is 0 Å². The van der Waals surface area contributed by atoms with Crippen molar-refractivity contribution in [3.8, 4) is 11.1 Å². The Labute approximate surface area is 192 Å². The van der Waals surface area contributed by atoms with Crippen molar-refractivity contribution in [2.45, 2.75) is 6.92 Å². The Kier molecular flexibility index (Phi) is 5.70. The fourth-order valence-corrected chi connectivity index (χ4v) is 4.12.